The van der Waals surface area contributed by atoms with Crippen molar-refractivity contribution < 1.29 is 23.0 Å². The van der Waals surface area contributed by atoms with Gasteiger partial charge in [-0.2, -0.15) is 0 Å². The summed E-state index contributed by atoms with van der Waals surface area (Å²) in [4.78, 5) is 0. The second-order valence-electron chi connectivity index (χ2n) is 0.408. The molecule has 0 saturated carbocycles. The standard InChI is InChI=1S/Ba.Mg.H2O4S.O/c;;1-5(2,3)4;/h;;(H2,1,2,3,4);/q2*+2;;-2/p-2. The Labute approximate surface area is 103 Å². The van der Waals surface area contributed by atoms with E-state index in [2.05, 4.69) is 0 Å². The monoisotopic (exact) mass is 274 g/mol. The smallest absolute Gasteiger partial charge is 2.00 e. The Hall–Kier alpha value is 2.17. The van der Waals surface area contributed by atoms with Crippen LogP contribution in [-0.4, -0.2) is 89.5 Å². The molecule has 0 radical (unpaired) electrons. The van der Waals surface area contributed by atoms with Crippen molar-refractivity contribution in [3.8, 4) is 0 Å². The van der Waals surface area contributed by atoms with Crippen LogP contribution in [0.25, 0.3) is 0 Å². The van der Waals surface area contributed by atoms with Crippen LogP contribution in [0.1, 0.15) is 0 Å². The van der Waals surface area contributed by atoms with Crippen LogP contribution < -0.4 is 0 Å². The quantitative estimate of drug-likeness (QED) is 0.283. The topological polar surface area (TPSA) is 109 Å². The maximum absolute atomic E-state index is 8.52. The van der Waals surface area contributed by atoms with Crippen LogP contribution in [-0.2, 0) is 15.9 Å². The van der Waals surface area contributed by atoms with Crippen LogP contribution in [0.5, 0.6) is 0 Å². The van der Waals surface area contributed by atoms with Gasteiger partial charge in [-0.1, -0.05) is 0 Å². The van der Waals surface area contributed by atoms with Crippen molar-refractivity contribution in [1.82, 2.24) is 0 Å². The average Bonchev–Trinajstić information content (AvgIpc) is 0.722. The normalized spacial score (nSPS) is 7.25. The van der Waals surface area contributed by atoms with Gasteiger partial charge in [0.2, 0.25) is 0 Å². The molecule has 0 rings (SSSR count). The Morgan fingerprint density at radius 2 is 1.12 bits per heavy atom. The van der Waals surface area contributed by atoms with E-state index >= 15 is 0 Å². The fraction of sp³-hybridized carbons (Fsp3) is 0. The molecule has 0 fully saturated rings. The first kappa shape index (κ1) is 22.5. The molecule has 0 aromatic carbocycles. The van der Waals surface area contributed by atoms with Gasteiger partial charge in [0.05, 0.1) is 0 Å². The van der Waals surface area contributed by atoms with Crippen LogP contribution >= 0.6 is 0 Å². The molecule has 0 aliphatic carbocycles. The minimum atomic E-state index is -5.17. The fourth-order valence-corrected chi connectivity index (χ4v) is 0. The first-order valence-corrected chi connectivity index (χ1v) is 2.00. The second-order valence-corrected chi connectivity index (χ2v) is 1.22. The van der Waals surface area contributed by atoms with Gasteiger partial charge in [-0.05, 0) is 0 Å². The molecule has 0 aliphatic heterocycles. The number of hydrogen-bond donors (Lipinski definition) is 0. The van der Waals surface area contributed by atoms with Gasteiger partial charge in [-0.15, -0.1) is 0 Å². The van der Waals surface area contributed by atoms with Gasteiger partial charge >= 0.3 is 71.9 Å². The Kier molecular flexibility index (Phi) is 25.7. The second kappa shape index (κ2) is 9.17. The molecular formula is BaMgO5S. The van der Waals surface area contributed by atoms with Crippen molar-refractivity contribution >= 4 is 82.3 Å². The first-order chi connectivity index (χ1) is 2.00. The molecule has 8 heteroatoms. The molecule has 0 bridgehead atoms. The van der Waals surface area contributed by atoms with Crippen molar-refractivity contribution in [1.29, 1.82) is 0 Å². The fourth-order valence-electron chi connectivity index (χ4n) is 0. The zero-order valence-corrected chi connectivity index (χ0v) is 10.5. The molecule has 0 N–H and O–H groups in total. The predicted octanol–water partition coefficient (Wildman–Crippen LogP) is -2.22. The van der Waals surface area contributed by atoms with Gasteiger partial charge in [0, 0.05) is 10.4 Å². The summed E-state index contributed by atoms with van der Waals surface area (Å²) in [5, 5.41) is 0. The molecule has 5 nitrogen and oxygen atoms in total. The summed E-state index contributed by atoms with van der Waals surface area (Å²) in [5.74, 6) is 0. The van der Waals surface area contributed by atoms with Crippen LogP contribution in [0.2, 0.25) is 0 Å². The third-order valence-electron chi connectivity index (χ3n) is 0. The minimum absolute atomic E-state index is 0. The minimum Gasteiger partial charge on any atom is -2.00 e. The summed E-state index contributed by atoms with van der Waals surface area (Å²) in [6, 6.07) is 0. The third kappa shape index (κ3) is 89.3. The Bertz CT molecular complexity index is 95.6. The molecule has 0 aliphatic rings. The summed E-state index contributed by atoms with van der Waals surface area (Å²) >= 11 is 0. The number of rotatable bonds is 0. The zero-order valence-electron chi connectivity index (χ0n) is 3.86. The van der Waals surface area contributed by atoms with E-state index in [1.807, 2.05) is 0 Å². The van der Waals surface area contributed by atoms with E-state index in [0.717, 1.165) is 0 Å². The van der Waals surface area contributed by atoms with E-state index in [1.54, 1.807) is 0 Å². The van der Waals surface area contributed by atoms with Gasteiger partial charge < -0.3 is 14.6 Å². The van der Waals surface area contributed by atoms with Crippen molar-refractivity contribution in [3.05, 3.63) is 0 Å². The molecule has 0 spiro atoms. The summed E-state index contributed by atoms with van der Waals surface area (Å²) in [5.41, 5.74) is 0. The maximum atomic E-state index is 8.52. The summed E-state index contributed by atoms with van der Waals surface area (Å²) in [6.45, 7) is 0. The molecule has 0 unspecified atom stereocenters. The van der Waals surface area contributed by atoms with Crippen molar-refractivity contribution in [2.24, 2.45) is 0 Å². The molecule has 40 valence electrons. The van der Waals surface area contributed by atoms with Crippen LogP contribution in [0, 0.1) is 0 Å². The third-order valence-corrected chi connectivity index (χ3v) is 0. The van der Waals surface area contributed by atoms with E-state index in [4.69, 9.17) is 17.5 Å². The Balaban J connectivity index is -0.0000000267. The van der Waals surface area contributed by atoms with Crippen LogP contribution in [0.4, 0.5) is 0 Å². The van der Waals surface area contributed by atoms with E-state index < -0.39 is 10.4 Å². The van der Waals surface area contributed by atoms with Gasteiger partial charge in [-0.3, -0.25) is 8.42 Å². The van der Waals surface area contributed by atoms with Crippen molar-refractivity contribution in [2.75, 3.05) is 0 Å². The molecule has 8 heavy (non-hydrogen) atoms. The summed E-state index contributed by atoms with van der Waals surface area (Å²) in [7, 11) is -5.17. The first-order valence-electron chi connectivity index (χ1n) is 0.667. The van der Waals surface area contributed by atoms with Crippen LogP contribution in [0.3, 0.4) is 0 Å². The predicted molar refractivity (Wildman–Crippen MR) is 22.7 cm³/mol. The van der Waals surface area contributed by atoms with Crippen molar-refractivity contribution in [3.63, 3.8) is 0 Å². The summed E-state index contributed by atoms with van der Waals surface area (Å²) in [6.07, 6.45) is 0. The van der Waals surface area contributed by atoms with E-state index in [0.29, 0.717) is 0 Å². The molecule has 0 heterocycles. The van der Waals surface area contributed by atoms with E-state index in [-0.39, 0.29) is 77.4 Å². The van der Waals surface area contributed by atoms with Gasteiger partial charge in [0.1, 0.15) is 0 Å². The zero-order chi connectivity index (χ0) is 4.50. The van der Waals surface area contributed by atoms with E-state index in [9.17, 15) is 0 Å². The Morgan fingerprint density at radius 3 is 1.12 bits per heavy atom. The molecule has 0 atom stereocenters. The summed E-state index contributed by atoms with van der Waals surface area (Å²) < 4.78 is 34.1. The molecule has 0 aromatic rings. The molecule has 0 aromatic heterocycles. The van der Waals surface area contributed by atoms with Gasteiger partial charge in [-0.25, -0.2) is 0 Å². The van der Waals surface area contributed by atoms with Crippen molar-refractivity contribution in [2.45, 2.75) is 0 Å². The van der Waals surface area contributed by atoms with E-state index in [1.165, 1.54) is 0 Å². The van der Waals surface area contributed by atoms with Gasteiger partial charge in [0.15, 0.2) is 0 Å². The largest absolute Gasteiger partial charge is 2.00 e. The van der Waals surface area contributed by atoms with Crippen LogP contribution in [0.15, 0.2) is 0 Å². The average molecular weight is 274 g/mol. The van der Waals surface area contributed by atoms with Gasteiger partial charge in [0.25, 0.3) is 0 Å². The Morgan fingerprint density at radius 1 is 1.12 bits per heavy atom. The SMILES string of the molecule is O=S(=O)([O-])[O-].[Ba+2].[Mg+2].[O-2]. The molecule has 0 amide bonds. The number of hydrogen-bond acceptors (Lipinski definition) is 4. The molecule has 0 saturated heterocycles. The molecular weight excluding hydrogens is 274 g/mol. The maximum Gasteiger partial charge on any atom is 2.00 e.